The quantitative estimate of drug-likeness (QED) is 0.566. The fourth-order valence-corrected chi connectivity index (χ4v) is 2.97. The fraction of sp³-hybridized carbons (Fsp3) is 0.190. The van der Waals surface area contributed by atoms with Crippen LogP contribution < -0.4 is 5.32 Å². The van der Waals surface area contributed by atoms with Crippen molar-refractivity contribution in [3.63, 3.8) is 0 Å². The van der Waals surface area contributed by atoms with Crippen molar-refractivity contribution in [2.45, 2.75) is 19.8 Å². The van der Waals surface area contributed by atoms with Gasteiger partial charge in [-0.15, -0.1) is 0 Å². The lowest BCUT2D eigenvalue weighted by atomic mass is 10.0. The SMILES string of the molecule is COC(=O)c1cnccc1Nc1cc(-c2cc(Cl)ccc2F)ncc1C(C)C. The van der Waals surface area contributed by atoms with Crippen molar-refractivity contribution in [2.24, 2.45) is 0 Å². The van der Waals surface area contributed by atoms with Crippen LogP contribution in [0.25, 0.3) is 11.3 Å². The van der Waals surface area contributed by atoms with Crippen molar-refractivity contribution < 1.29 is 13.9 Å². The summed E-state index contributed by atoms with van der Waals surface area (Å²) in [4.78, 5) is 20.4. The van der Waals surface area contributed by atoms with E-state index in [0.29, 0.717) is 33.2 Å². The molecule has 144 valence electrons. The highest BCUT2D eigenvalue weighted by Crippen LogP contribution is 2.33. The summed E-state index contributed by atoms with van der Waals surface area (Å²) < 4.78 is 19.1. The molecule has 7 heteroatoms. The summed E-state index contributed by atoms with van der Waals surface area (Å²) in [5.41, 5.74) is 3.18. The summed E-state index contributed by atoms with van der Waals surface area (Å²) in [7, 11) is 1.31. The van der Waals surface area contributed by atoms with E-state index < -0.39 is 11.8 Å². The molecule has 0 aliphatic heterocycles. The van der Waals surface area contributed by atoms with Crippen molar-refractivity contribution in [1.29, 1.82) is 0 Å². The van der Waals surface area contributed by atoms with E-state index in [-0.39, 0.29) is 5.92 Å². The van der Waals surface area contributed by atoms with Crippen LogP contribution in [-0.4, -0.2) is 23.0 Å². The molecule has 0 unspecified atom stereocenters. The Hall–Kier alpha value is -2.99. The van der Waals surface area contributed by atoms with E-state index in [1.807, 2.05) is 13.8 Å². The van der Waals surface area contributed by atoms with Gasteiger partial charge in [0, 0.05) is 34.9 Å². The third-order valence-electron chi connectivity index (χ3n) is 4.26. The van der Waals surface area contributed by atoms with Crippen molar-refractivity contribution in [2.75, 3.05) is 12.4 Å². The van der Waals surface area contributed by atoms with Gasteiger partial charge >= 0.3 is 5.97 Å². The number of carbonyl (C=O) groups is 1. The van der Waals surface area contributed by atoms with Crippen LogP contribution in [0.4, 0.5) is 15.8 Å². The molecule has 0 atom stereocenters. The van der Waals surface area contributed by atoms with Gasteiger partial charge in [0.25, 0.3) is 0 Å². The highest BCUT2D eigenvalue weighted by Gasteiger charge is 2.16. The minimum atomic E-state index is -0.503. The Bertz CT molecular complexity index is 1020. The van der Waals surface area contributed by atoms with Gasteiger partial charge < -0.3 is 10.1 Å². The molecule has 28 heavy (non-hydrogen) atoms. The van der Waals surface area contributed by atoms with Crippen molar-refractivity contribution in [3.8, 4) is 11.3 Å². The minimum Gasteiger partial charge on any atom is -0.465 e. The fourth-order valence-electron chi connectivity index (χ4n) is 2.80. The Balaban J connectivity index is 2.10. The normalized spacial score (nSPS) is 10.8. The molecule has 0 bridgehead atoms. The number of nitrogens with zero attached hydrogens (tertiary/aromatic N) is 2. The maximum absolute atomic E-state index is 14.3. The van der Waals surface area contributed by atoms with E-state index in [2.05, 4.69) is 15.3 Å². The van der Waals surface area contributed by atoms with Gasteiger partial charge in [-0.25, -0.2) is 9.18 Å². The lowest BCUT2D eigenvalue weighted by Crippen LogP contribution is -2.08. The molecule has 0 saturated heterocycles. The average Bonchev–Trinajstić information content (AvgIpc) is 2.69. The molecule has 1 aromatic carbocycles. The van der Waals surface area contributed by atoms with Crippen LogP contribution in [0.5, 0.6) is 0 Å². The summed E-state index contributed by atoms with van der Waals surface area (Å²) >= 11 is 6.02. The first-order valence-electron chi connectivity index (χ1n) is 8.65. The zero-order chi connectivity index (χ0) is 20.3. The molecule has 0 radical (unpaired) electrons. The van der Waals surface area contributed by atoms with Crippen LogP contribution in [0.3, 0.4) is 0 Å². The van der Waals surface area contributed by atoms with Crippen LogP contribution in [0, 0.1) is 5.82 Å². The van der Waals surface area contributed by atoms with E-state index in [0.717, 1.165) is 5.56 Å². The lowest BCUT2D eigenvalue weighted by Gasteiger charge is -2.17. The molecule has 3 rings (SSSR count). The second kappa shape index (κ2) is 8.35. The highest BCUT2D eigenvalue weighted by molar-refractivity contribution is 6.30. The Kier molecular flexibility index (Phi) is 5.90. The largest absolute Gasteiger partial charge is 0.465 e. The summed E-state index contributed by atoms with van der Waals surface area (Å²) in [6.07, 6.45) is 4.70. The molecular formula is C21H19ClFN3O2. The Morgan fingerprint density at radius 2 is 1.96 bits per heavy atom. The van der Waals surface area contributed by atoms with Gasteiger partial charge in [-0.05, 0) is 41.8 Å². The van der Waals surface area contributed by atoms with Gasteiger partial charge in [0.05, 0.1) is 18.5 Å². The number of carbonyl (C=O) groups excluding carboxylic acids is 1. The average molecular weight is 400 g/mol. The number of esters is 1. The predicted octanol–water partition coefficient (Wildman–Crippen LogP) is 5.59. The zero-order valence-electron chi connectivity index (χ0n) is 15.7. The van der Waals surface area contributed by atoms with Crippen LogP contribution in [0.2, 0.25) is 5.02 Å². The molecule has 0 amide bonds. The van der Waals surface area contributed by atoms with Crippen molar-refractivity contribution in [1.82, 2.24) is 9.97 Å². The maximum Gasteiger partial charge on any atom is 0.341 e. The number of benzene rings is 1. The van der Waals surface area contributed by atoms with Gasteiger partial charge in [0.15, 0.2) is 0 Å². The number of ether oxygens (including phenoxy) is 1. The molecule has 2 aromatic heterocycles. The van der Waals surface area contributed by atoms with E-state index in [9.17, 15) is 9.18 Å². The van der Waals surface area contributed by atoms with Gasteiger partial charge in [0.2, 0.25) is 0 Å². The van der Waals surface area contributed by atoms with Crippen molar-refractivity contribution in [3.05, 3.63) is 70.9 Å². The number of halogens is 2. The highest BCUT2D eigenvalue weighted by atomic mass is 35.5. The number of hydrogen-bond acceptors (Lipinski definition) is 5. The van der Waals surface area contributed by atoms with E-state index >= 15 is 0 Å². The smallest absolute Gasteiger partial charge is 0.341 e. The minimum absolute atomic E-state index is 0.150. The number of nitrogens with one attached hydrogen (secondary N) is 1. The monoisotopic (exact) mass is 399 g/mol. The standard InChI is InChI=1S/C21H19ClFN3O2/c1-12(2)15-11-25-19(14-8-13(22)4-5-17(14)23)9-20(15)26-18-6-7-24-10-16(18)21(27)28-3/h4-12H,1-3H3,(H,24,25,26). The maximum atomic E-state index is 14.3. The summed E-state index contributed by atoms with van der Waals surface area (Å²) in [5, 5.41) is 3.66. The van der Waals surface area contributed by atoms with Gasteiger partial charge in [-0.3, -0.25) is 9.97 Å². The first kappa shape index (κ1) is 19.8. The Morgan fingerprint density at radius 3 is 2.68 bits per heavy atom. The summed E-state index contributed by atoms with van der Waals surface area (Å²) in [5.74, 6) is -0.771. The molecule has 0 aliphatic rings. The number of anilines is 2. The number of aromatic nitrogens is 2. The molecule has 2 heterocycles. The number of pyridine rings is 2. The third kappa shape index (κ3) is 4.12. The van der Waals surface area contributed by atoms with Gasteiger partial charge in [0.1, 0.15) is 11.4 Å². The summed E-state index contributed by atoms with van der Waals surface area (Å²) in [6, 6.07) is 7.75. The molecule has 0 fully saturated rings. The van der Waals surface area contributed by atoms with Crippen molar-refractivity contribution >= 4 is 28.9 Å². The third-order valence-corrected chi connectivity index (χ3v) is 4.49. The van der Waals surface area contributed by atoms with Crippen LogP contribution in [-0.2, 0) is 4.74 Å². The molecule has 0 saturated carbocycles. The molecular weight excluding hydrogens is 381 g/mol. The molecule has 1 N–H and O–H groups in total. The number of rotatable bonds is 5. The topological polar surface area (TPSA) is 64.1 Å². The van der Waals surface area contributed by atoms with Gasteiger partial charge in [-0.2, -0.15) is 0 Å². The summed E-state index contributed by atoms with van der Waals surface area (Å²) in [6.45, 7) is 4.05. The van der Waals surface area contributed by atoms with Crippen LogP contribution in [0.15, 0.2) is 48.9 Å². The van der Waals surface area contributed by atoms with Crippen LogP contribution >= 0.6 is 11.6 Å². The first-order valence-corrected chi connectivity index (χ1v) is 9.03. The van der Waals surface area contributed by atoms with E-state index in [4.69, 9.17) is 16.3 Å². The van der Waals surface area contributed by atoms with Crippen LogP contribution in [0.1, 0.15) is 35.7 Å². The molecule has 0 aliphatic carbocycles. The zero-order valence-corrected chi connectivity index (χ0v) is 16.4. The Labute approximate surface area is 167 Å². The lowest BCUT2D eigenvalue weighted by molar-refractivity contribution is 0.0601. The first-order chi connectivity index (χ1) is 13.4. The molecule has 0 spiro atoms. The van der Waals surface area contributed by atoms with E-state index in [1.54, 1.807) is 24.5 Å². The number of methoxy groups -OCH3 is 1. The van der Waals surface area contributed by atoms with Gasteiger partial charge in [-0.1, -0.05) is 25.4 Å². The second-order valence-corrected chi connectivity index (χ2v) is 6.91. The Morgan fingerprint density at radius 1 is 1.18 bits per heavy atom. The van der Waals surface area contributed by atoms with E-state index in [1.165, 1.54) is 31.5 Å². The molecule has 3 aromatic rings. The predicted molar refractivity (Wildman–Crippen MR) is 108 cm³/mol. The number of hydrogen-bond donors (Lipinski definition) is 1. The second-order valence-electron chi connectivity index (χ2n) is 6.47. The molecule has 5 nitrogen and oxygen atoms in total.